The number of nitrogens with one attached hydrogen (secondary N) is 3. The number of aryl methyl sites for hydroxylation is 2. The summed E-state index contributed by atoms with van der Waals surface area (Å²) in [4.78, 5) is 32.7. The fourth-order valence-electron chi connectivity index (χ4n) is 3.82. The van der Waals surface area contributed by atoms with Gasteiger partial charge in [-0.25, -0.2) is 24.3 Å². The summed E-state index contributed by atoms with van der Waals surface area (Å²) in [7, 11) is 0. The third-order valence-corrected chi connectivity index (χ3v) is 5.72. The van der Waals surface area contributed by atoms with Crippen molar-refractivity contribution in [3.8, 4) is 16.9 Å². The lowest BCUT2D eigenvalue weighted by molar-refractivity contribution is -0.137. The van der Waals surface area contributed by atoms with E-state index in [9.17, 15) is 22.4 Å². The van der Waals surface area contributed by atoms with Crippen LogP contribution < -0.4 is 16.2 Å². The molecule has 5 aromatic rings. The Labute approximate surface area is 230 Å². The average molecular weight is 564 g/mol. The standard InChI is InChI=1S/C27H21F4N9O/c1-15-5-17(10-32-9-15)24-22(28)12-34-26(37-24)39-38-25(41)23-4-3-19(11-33-23)36-20-6-18(27(29,30)31)7-21(8-20)40-13-16(2)35-14-40/h3-14,36H,1-2H3,(H,38,41)(H,34,37,39). The summed E-state index contributed by atoms with van der Waals surface area (Å²) >= 11 is 0. The molecule has 3 N–H and O–H groups in total. The van der Waals surface area contributed by atoms with Gasteiger partial charge in [-0.05, 0) is 55.8 Å². The molecule has 1 aromatic carbocycles. The summed E-state index contributed by atoms with van der Waals surface area (Å²) in [6, 6.07) is 8.10. The van der Waals surface area contributed by atoms with Gasteiger partial charge in [-0.3, -0.25) is 20.6 Å². The lowest BCUT2D eigenvalue weighted by Crippen LogP contribution is -2.31. The van der Waals surface area contributed by atoms with Crippen molar-refractivity contribution in [1.82, 2.24) is 34.9 Å². The summed E-state index contributed by atoms with van der Waals surface area (Å²) in [5, 5.41) is 2.88. The number of rotatable bonds is 7. The van der Waals surface area contributed by atoms with Crippen molar-refractivity contribution < 1.29 is 22.4 Å². The van der Waals surface area contributed by atoms with E-state index < -0.39 is 23.5 Å². The van der Waals surface area contributed by atoms with Gasteiger partial charge in [-0.1, -0.05) is 0 Å². The number of anilines is 3. The minimum absolute atomic E-state index is 0.00224. The number of amides is 1. The first-order valence-corrected chi connectivity index (χ1v) is 12.0. The molecule has 10 nitrogen and oxygen atoms in total. The second-order valence-corrected chi connectivity index (χ2v) is 8.97. The minimum atomic E-state index is -4.57. The predicted octanol–water partition coefficient (Wildman–Crippen LogP) is 5.39. The Morgan fingerprint density at radius 2 is 1.76 bits per heavy atom. The van der Waals surface area contributed by atoms with E-state index in [1.807, 2.05) is 6.92 Å². The Bertz CT molecular complexity index is 1720. The van der Waals surface area contributed by atoms with E-state index >= 15 is 0 Å². The first-order valence-electron chi connectivity index (χ1n) is 12.0. The molecule has 4 aromatic heterocycles. The van der Waals surface area contributed by atoms with Crippen LogP contribution in [0.5, 0.6) is 0 Å². The molecular weight excluding hydrogens is 542 g/mol. The smallest absolute Gasteiger partial charge is 0.354 e. The highest BCUT2D eigenvalue weighted by Crippen LogP contribution is 2.34. The van der Waals surface area contributed by atoms with Gasteiger partial charge in [-0.15, -0.1) is 0 Å². The SMILES string of the molecule is Cc1cncc(-c2nc(NNC(=O)c3ccc(Nc4cc(-n5cnc(C)c5)cc(C(F)(F)F)c4)cn3)ncc2F)c1. The molecule has 0 aliphatic rings. The van der Waals surface area contributed by atoms with Gasteiger partial charge in [-0.2, -0.15) is 13.2 Å². The van der Waals surface area contributed by atoms with Crippen molar-refractivity contribution in [3.05, 3.63) is 102 Å². The first-order chi connectivity index (χ1) is 19.5. The molecule has 41 heavy (non-hydrogen) atoms. The highest BCUT2D eigenvalue weighted by Gasteiger charge is 2.31. The van der Waals surface area contributed by atoms with Crippen LogP contribution in [0.15, 0.2) is 73.7 Å². The summed E-state index contributed by atoms with van der Waals surface area (Å²) in [6.45, 7) is 3.54. The van der Waals surface area contributed by atoms with Gasteiger partial charge in [0.25, 0.3) is 5.91 Å². The Morgan fingerprint density at radius 3 is 2.44 bits per heavy atom. The number of nitrogens with zero attached hydrogens (tertiary/aromatic N) is 6. The van der Waals surface area contributed by atoms with Crippen LogP contribution in [0.1, 0.15) is 27.3 Å². The molecule has 5 rings (SSSR count). The molecule has 14 heteroatoms. The fourth-order valence-corrected chi connectivity index (χ4v) is 3.82. The monoisotopic (exact) mass is 563 g/mol. The van der Waals surface area contributed by atoms with Crippen molar-refractivity contribution in [2.24, 2.45) is 0 Å². The van der Waals surface area contributed by atoms with Gasteiger partial charge in [0.1, 0.15) is 11.4 Å². The molecular formula is C27H21F4N9O. The Morgan fingerprint density at radius 1 is 0.927 bits per heavy atom. The number of hydrogen-bond acceptors (Lipinski definition) is 8. The average Bonchev–Trinajstić information content (AvgIpc) is 3.38. The van der Waals surface area contributed by atoms with Gasteiger partial charge in [0, 0.05) is 35.5 Å². The summed E-state index contributed by atoms with van der Waals surface area (Å²) in [5.74, 6) is -1.38. The number of pyridine rings is 2. The fraction of sp³-hybridized carbons (Fsp3) is 0.111. The zero-order chi connectivity index (χ0) is 29.1. The van der Waals surface area contributed by atoms with E-state index in [0.29, 0.717) is 16.9 Å². The third-order valence-electron chi connectivity index (χ3n) is 5.72. The Kier molecular flexibility index (Phi) is 7.29. The molecule has 0 fully saturated rings. The Hall–Kier alpha value is -5.40. The van der Waals surface area contributed by atoms with E-state index in [1.54, 1.807) is 25.4 Å². The number of imidazole rings is 1. The molecule has 4 heterocycles. The van der Waals surface area contributed by atoms with Crippen LogP contribution >= 0.6 is 0 Å². The number of alkyl halides is 3. The molecule has 0 unspecified atom stereocenters. The van der Waals surface area contributed by atoms with Crippen LogP contribution in [0.3, 0.4) is 0 Å². The topological polar surface area (TPSA) is 123 Å². The van der Waals surface area contributed by atoms with Crippen molar-refractivity contribution >= 4 is 23.2 Å². The van der Waals surface area contributed by atoms with E-state index in [-0.39, 0.29) is 28.7 Å². The number of hydrogen-bond donors (Lipinski definition) is 3. The van der Waals surface area contributed by atoms with Crippen LogP contribution in [-0.4, -0.2) is 35.4 Å². The highest BCUT2D eigenvalue weighted by molar-refractivity contribution is 5.93. The van der Waals surface area contributed by atoms with Gasteiger partial charge in [0.2, 0.25) is 5.95 Å². The molecule has 0 bridgehead atoms. The van der Waals surface area contributed by atoms with Crippen LogP contribution in [0.25, 0.3) is 16.9 Å². The minimum Gasteiger partial charge on any atom is -0.354 e. The molecule has 0 saturated heterocycles. The van der Waals surface area contributed by atoms with E-state index in [2.05, 4.69) is 41.1 Å². The number of carbonyl (C=O) groups excluding carboxylic acids is 1. The first kappa shape index (κ1) is 27.2. The second kappa shape index (κ2) is 11.0. The maximum Gasteiger partial charge on any atom is 0.416 e. The molecule has 0 atom stereocenters. The van der Waals surface area contributed by atoms with Gasteiger partial charge in [0.05, 0.1) is 35.7 Å². The van der Waals surface area contributed by atoms with Crippen LogP contribution in [0, 0.1) is 19.7 Å². The van der Waals surface area contributed by atoms with Crippen LogP contribution in [0.4, 0.5) is 34.9 Å². The van der Waals surface area contributed by atoms with Crippen molar-refractivity contribution in [2.75, 3.05) is 10.7 Å². The maximum atomic E-state index is 14.3. The molecule has 0 saturated carbocycles. The van der Waals surface area contributed by atoms with E-state index in [4.69, 9.17) is 0 Å². The normalized spacial score (nSPS) is 11.3. The largest absolute Gasteiger partial charge is 0.416 e. The van der Waals surface area contributed by atoms with Gasteiger partial charge in [0.15, 0.2) is 5.82 Å². The lowest BCUT2D eigenvalue weighted by atomic mass is 10.1. The van der Waals surface area contributed by atoms with Crippen molar-refractivity contribution in [2.45, 2.75) is 20.0 Å². The molecule has 0 spiro atoms. The summed E-state index contributed by atoms with van der Waals surface area (Å²) in [5.41, 5.74) is 6.73. The lowest BCUT2D eigenvalue weighted by Gasteiger charge is -2.14. The second-order valence-electron chi connectivity index (χ2n) is 8.97. The zero-order valence-corrected chi connectivity index (χ0v) is 21.5. The van der Waals surface area contributed by atoms with Gasteiger partial charge < -0.3 is 9.88 Å². The molecule has 1 amide bonds. The molecule has 0 radical (unpaired) electrons. The number of aromatic nitrogens is 6. The van der Waals surface area contributed by atoms with Crippen LogP contribution in [-0.2, 0) is 6.18 Å². The quantitative estimate of drug-likeness (QED) is 0.178. The maximum absolute atomic E-state index is 14.3. The molecule has 208 valence electrons. The third kappa shape index (κ3) is 6.43. The number of carbonyl (C=O) groups is 1. The number of hydrazine groups is 1. The predicted molar refractivity (Wildman–Crippen MR) is 142 cm³/mol. The van der Waals surface area contributed by atoms with Crippen molar-refractivity contribution in [3.63, 3.8) is 0 Å². The molecule has 0 aliphatic carbocycles. The van der Waals surface area contributed by atoms with Crippen molar-refractivity contribution in [1.29, 1.82) is 0 Å². The summed E-state index contributed by atoms with van der Waals surface area (Å²) < 4.78 is 56.4. The number of halogens is 4. The highest BCUT2D eigenvalue weighted by atomic mass is 19.4. The summed E-state index contributed by atoms with van der Waals surface area (Å²) in [6.07, 6.45) is 3.81. The van der Waals surface area contributed by atoms with E-state index in [0.717, 1.165) is 23.9 Å². The van der Waals surface area contributed by atoms with Gasteiger partial charge >= 0.3 is 6.18 Å². The zero-order valence-electron chi connectivity index (χ0n) is 21.5. The van der Waals surface area contributed by atoms with Crippen LogP contribution in [0.2, 0.25) is 0 Å². The Balaban J connectivity index is 1.28. The van der Waals surface area contributed by atoms with E-state index in [1.165, 1.54) is 41.5 Å². The number of benzene rings is 1. The molecule has 0 aliphatic heterocycles.